The SMILES string of the molecule is C#CC(C/C=C/C/C=C\[C@@H](O)CCCCC)[C@H](C(=O)O)[C@H]1CCCC1=O. The van der Waals surface area contributed by atoms with Gasteiger partial charge in [-0.05, 0) is 32.1 Å². The molecule has 4 heteroatoms. The molecule has 1 unspecified atom stereocenters. The number of carbonyl (C=O) groups excluding carboxylic acids is 1. The predicted molar refractivity (Wildman–Crippen MR) is 103 cm³/mol. The molecule has 1 aliphatic rings. The van der Waals surface area contributed by atoms with Crippen molar-refractivity contribution in [3.8, 4) is 12.3 Å². The number of carbonyl (C=O) groups is 2. The summed E-state index contributed by atoms with van der Waals surface area (Å²) in [7, 11) is 0. The van der Waals surface area contributed by atoms with Crippen LogP contribution in [0.25, 0.3) is 0 Å². The number of ketones is 1. The van der Waals surface area contributed by atoms with Crippen LogP contribution in [0.15, 0.2) is 24.3 Å². The van der Waals surface area contributed by atoms with Crippen LogP contribution in [-0.4, -0.2) is 28.1 Å². The number of aliphatic hydroxyl groups is 1. The van der Waals surface area contributed by atoms with E-state index in [9.17, 15) is 19.8 Å². The summed E-state index contributed by atoms with van der Waals surface area (Å²) in [6, 6.07) is 0. The number of Topliss-reactive ketones (excluding diaryl/α,β-unsaturated/α-hetero) is 1. The van der Waals surface area contributed by atoms with Crippen LogP contribution in [0.3, 0.4) is 0 Å². The monoisotopic (exact) mass is 360 g/mol. The van der Waals surface area contributed by atoms with Crippen LogP contribution in [0.5, 0.6) is 0 Å². The molecule has 0 heterocycles. The van der Waals surface area contributed by atoms with Crippen molar-refractivity contribution in [2.24, 2.45) is 17.8 Å². The third-order valence-corrected chi connectivity index (χ3v) is 5.01. The van der Waals surface area contributed by atoms with Crippen LogP contribution in [0.1, 0.15) is 64.7 Å². The van der Waals surface area contributed by atoms with Crippen molar-refractivity contribution in [3.05, 3.63) is 24.3 Å². The lowest BCUT2D eigenvalue weighted by Gasteiger charge is -2.23. The molecule has 4 nitrogen and oxygen atoms in total. The first-order chi connectivity index (χ1) is 12.5. The van der Waals surface area contributed by atoms with E-state index in [1.54, 1.807) is 6.08 Å². The number of hydrogen-bond donors (Lipinski definition) is 2. The van der Waals surface area contributed by atoms with Crippen LogP contribution in [0.2, 0.25) is 0 Å². The van der Waals surface area contributed by atoms with E-state index in [-0.39, 0.29) is 5.78 Å². The zero-order valence-corrected chi connectivity index (χ0v) is 15.8. The summed E-state index contributed by atoms with van der Waals surface area (Å²) >= 11 is 0. The van der Waals surface area contributed by atoms with Crippen molar-refractivity contribution in [1.82, 2.24) is 0 Å². The first-order valence-corrected chi connectivity index (χ1v) is 9.72. The van der Waals surface area contributed by atoms with Crippen molar-refractivity contribution in [2.75, 3.05) is 0 Å². The average Bonchev–Trinajstić information content (AvgIpc) is 3.02. The van der Waals surface area contributed by atoms with E-state index in [1.165, 1.54) is 0 Å². The summed E-state index contributed by atoms with van der Waals surface area (Å²) < 4.78 is 0. The van der Waals surface area contributed by atoms with Crippen LogP contribution in [0.4, 0.5) is 0 Å². The number of hydrogen-bond acceptors (Lipinski definition) is 3. The molecule has 144 valence electrons. The lowest BCUT2D eigenvalue weighted by atomic mass is 9.79. The molecule has 0 aromatic rings. The Morgan fingerprint density at radius 2 is 2.12 bits per heavy atom. The molecular formula is C22H32O4. The number of terminal acetylenes is 1. The van der Waals surface area contributed by atoms with E-state index in [1.807, 2.05) is 18.2 Å². The van der Waals surface area contributed by atoms with E-state index in [4.69, 9.17) is 6.42 Å². The molecule has 0 aromatic heterocycles. The number of carboxylic acids is 1. The fourth-order valence-electron chi connectivity index (χ4n) is 3.52. The number of aliphatic carboxylic acids is 1. The molecule has 1 rings (SSSR count). The summed E-state index contributed by atoms with van der Waals surface area (Å²) in [6.45, 7) is 2.13. The second-order valence-electron chi connectivity index (χ2n) is 7.04. The largest absolute Gasteiger partial charge is 0.481 e. The summed E-state index contributed by atoms with van der Waals surface area (Å²) in [6.07, 6.45) is 19.7. The van der Waals surface area contributed by atoms with Gasteiger partial charge in [-0.15, -0.1) is 12.3 Å². The molecule has 26 heavy (non-hydrogen) atoms. The summed E-state index contributed by atoms with van der Waals surface area (Å²) in [4.78, 5) is 23.6. The second kappa shape index (κ2) is 12.5. The van der Waals surface area contributed by atoms with Crippen molar-refractivity contribution in [2.45, 2.75) is 70.8 Å². The first-order valence-electron chi connectivity index (χ1n) is 9.72. The highest BCUT2D eigenvalue weighted by Gasteiger charge is 2.40. The molecule has 4 atom stereocenters. The minimum Gasteiger partial charge on any atom is -0.481 e. The van der Waals surface area contributed by atoms with Gasteiger partial charge in [0.2, 0.25) is 0 Å². The lowest BCUT2D eigenvalue weighted by Crippen LogP contribution is -2.32. The Hall–Kier alpha value is -1.86. The quantitative estimate of drug-likeness (QED) is 0.312. The highest BCUT2D eigenvalue weighted by molar-refractivity contribution is 5.88. The van der Waals surface area contributed by atoms with E-state index in [2.05, 4.69) is 12.8 Å². The normalized spacial score (nSPS) is 21.1. The standard InChI is InChI=1S/C22H32O4/c1-3-5-8-13-18(23)14-10-7-6-9-12-17(4-2)21(22(25)26)19-15-11-16-20(19)24/h2,6,9-10,14,17-19,21,23H,3,5,7-8,11-13,15-16H2,1H3,(H,25,26)/b9-6+,14-10-/t17?,18-,19-,21-/m0/s1. The topological polar surface area (TPSA) is 74.6 Å². The van der Waals surface area contributed by atoms with E-state index >= 15 is 0 Å². The highest BCUT2D eigenvalue weighted by Crippen LogP contribution is 2.34. The maximum atomic E-state index is 11.9. The molecule has 1 fully saturated rings. The van der Waals surface area contributed by atoms with Gasteiger partial charge in [-0.1, -0.05) is 50.5 Å². The van der Waals surface area contributed by atoms with Crippen LogP contribution < -0.4 is 0 Å². The smallest absolute Gasteiger partial charge is 0.308 e. The molecule has 2 N–H and O–H groups in total. The van der Waals surface area contributed by atoms with Gasteiger partial charge in [0, 0.05) is 18.3 Å². The highest BCUT2D eigenvalue weighted by atomic mass is 16.4. The van der Waals surface area contributed by atoms with Crippen molar-refractivity contribution in [3.63, 3.8) is 0 Å². The minimum absolute atomic E-state index is 0.0293. The Bertz CT molecular complexity index is 541. The molecule has 0 aliphatic heterocycles. The maximum Gasteiger partial charge on any atom is 0.308 e. The van der Waals surface area contributed by atoms with E-state index < -0.39 is 29.8 Å². The Morgan fingerprint density at radius 3 is 2.69 bits per heavy atom. The predicted octanol–water partition coefficient (Wildman–Crippen LogP) is 4.14. The molecule has 0 saturated heterocycles. The summed E-state index contributed by atoms with van der Waals surface area (Å²) in [5.74, 6) is -0.0824. The van der Waals surface area contributed by atoms with Gasteiger partial charge in [0.05, 0.1) is 12.0 Å². The van der Waals surface area contributed by atoms with Crippen LogP contribution >= 0.6 is 0 Å². The van der Waals surface area contributed by atoms with Gasteiger partial charge in [-0.25, -0.2) is 0 Å². The molecule has 0 amide bonds. The van der Waals surface area contributed by atoms with Gasteiger partial charge < -0.3 is 10.2 Å². The maximum absolute atomic E-state index is 11.9. The Labute approximate surface area is 157 Å². The van der Waals surface area contributed by atoms with Crippen LogP contribution in [0, 0.1) is 30.1 Å². The van der Waals surface area contributed by atoms with Gasteiger partial charge in [0.15, 0.2) is 0 Å². The number of allylic oxidation sites excluding steroid dienone is 3. The zero-order valence-electron chi connectivity index (χ0n) is 15.8. The Balaban J connectivity index is 2.47. The van der Waals surface area contributed by atoms with Gasteiger partial charge in [-0.3, -0.25) is 9.59 Å². The first kappa shape index (κ1) is 22.2. The second-order valence-corrected chi connectivity index (χ2v) is 7.04. The van der Waals surface area contributed by atoms with Gasteiger partial charge in [0.25, 0.3) is 0 Å². The number of aliphatic hydroxyl groups excluding tert-OH is 1. The molecule has 1 saturated carbocycles. The zero-order chi connectivity index (χ0) is 19.4. The van der Waals surface area contributed by atoms with Crippen molar-refractivity contribution >= 4 is 11.8 Å². The molecule has 0 radical (unpaired) electrons. The Morgan fingerprint density at radius 1 is 1.35 bits per heavy atom. The number of unbranched alkanes of at least 4 members (excludes halogenated alkanes) is 2. The molecule has 1 aliphatic carbocycles. The van der Waals surface area contributed by atoms with Crippen LogP contribution in [-0.2, 0) is 9.59 Å². The third kappa shape index (κ3) is 7.58. The van der Waals surface area contributed by atoms with Gasteiger partial charge in [-0.2, -0.15) is 0 Å². The lowest BCUT2D eigenvalue weighted by molar-refractivity contribution is -0.147. The van der Waals surface area contributed by atoms with Crippen molar-refractivity contribution < 1.29 is 19.8 Å². The van der Waals surface area contributed by atoms with Gasteiger partial charge in [0.1, 0.15) is 5.78 Å². The number of rotatable bonds is 12. The average molecular weight is 360 g/mol. The Kier molecular flexibility index (Phi) is 10.7. The number of carboxylic acid groups (broad SMARTS) is 1. The summed E-state index contributed by atoms with van der Waals surface area (Å²) in [5.41, 5.74) is 0. The minimum atomic E-state index is -0.975. The molecule has 0 spiro atoms. The molecule has 0 aromatic carbocycles. The van der Waals surface area contributed by atoms with E-state index in [0.29, 0.717) is 25.7 Å². The van der Waals surface area contributed by atoms with E-state index in [0.717, 1.165) is 32.1 Å². The fraction of sp³-hybridized carbons (Fsp3) is 0.636. The fourth-order valence-corrected chi connectivity index (χ4v) is 3.52. The molecular weight excluding hydrogens is 328 g/mol. The molecule has 0 bridgehead atoms. The summed E-state index contributed by atoms with van der Waals surface area (Å²) in [5, 5.41) is 19.3. The van der Waals surface area contributed by atoms with Gasteiger partial charge >= 0.3 is 5.97 Å². The van der Waals surface area contributed by atoms with Crippen molar-refractivity contribution in [1.29, 1.82) is 0 Å². The third-order valence-electron chi connectivity index (χ3n) is 5.01.